The van der Waals surface area contributed by atoms with E-state index in [9.17, 15) is 9.59 Å². The van der Waals surface area contributed by atoms with E-state index in [1.54, 1.807) is 24.9 Å². The Kier molecular flexibility index (Phi) is 4.63. The van der Waals surface area contributed by atoms with Crippen molar-refractivity contribution < 1.29 is 18.7 Å². The van der Waals surface area contributed by atoms with E-state index in [-0.39, 0.29) is 12.5 Å². The molecule has 0 radical (unpaired) electrons. The second-order valence-electron chi connectivity index (χ2n) is 7.12. The molecule has 28 heavy (non-hydrogen) atoms. The van der Waals surface area contributed by atoms with Gasteiger partial charge in [0, 0.05) is 18.1 Å². The Balaban J connectivity index is 1.68. The molecule has 1 aliphatic carbocycles. The lowest BCUT2D eigenvalue weighted by Crippen LogP contribution is -2.27. The number of aryl methyl sites for hydroxylation is 2. The summed E-state index contributed by atoms with van der Waals surface area (Å²) < 4.78 is 10.4. The number of methoxy groups -OCH3 is 1. The number of aromatic nitrogens is 1. The molecule has 0 atom stereocenters. The molecule has 0 N–H and O–H groups in total. The summed E-state index contributed by atoms with van der Waals surface area (Å²) in [6.07, 6.45) is 2.79. The number of hydrogen-bond acceptors (Lipinski definition) is 5. The summed E-state index contributed by atoms with van der Waals surface area (Å²) in [7, 11) is 3.08. The average Bonchev–Trinajstić information content (AvgIpc) is 3.30. The van der Waals surface area contributed by atoms with Gasteiger partial charge in [-0.15, -0.1) is 0 Å². The number of rotatable bonds is 4. The van der Waals surface area contributed by atoms with Crippen LogP contribution < -0.4 is 0 Å². The number of esters is 1. The van der Waals surface area contributed by atoms with Gasteiger partial charge in [0.15, 0.2) is 0 Å². The van der Waals surface area contributed by atoms with Gasteiger partial charge >= 0.3 is 5.97 Å². The minimum absolute atomic E-state index is 0.0644. The number of fused-ring (bicyclic) bond motifs is 2. The Labute approximate surface area is 163 Å². The molecular weight excluding hydrogens is 356 g/mol. The smallest absolute Gasteiger partial charge is 0.341 e. The molecule has 0 fully saturated rings. The van der Waals surface area contributed by atoms with E-state index >= 15 is 0 Å². The zero-order valence-corrected chi connectivity index (χ0v) is 16.2. The fourth-order valence-corrected chi connectivity index (χ4v) is 3.89. The Morgan fingerprint density at radius 2 is 2.04 bits per heavy atom. The lowest BCUT2D eigenvalue weighted by Gasteiger charge is -2.19. The van der Waals surface area contributed by atoms with Crippen molar-refractivity contribution in [1.29, 1.82) is 0 Å². The van der Waals surface area contributed by atoms with Crippen LogP contribution in [-0.4, -0.2) is 35.9 Å². The number of furan rings is 1. The van der Waals surface area contributed by atoms with Crippen LogP contribution in [0, 0.1) is 6.92 Å². The van der Waals surface area contributed by atoms with Gasteiger partial charge in [0.05, 0.1) is 24.7 Å². The van der Waals surface area contributed by atoms with Crippen molar-refractivity contribution in [3.63, 3.8) is 0 Å². The molecule has 0 bridgehead atoms. The molecule has 0 unspecified atom stereocenters. The minimum atomic E-state index is -0.445. The van der Waals surface area contributed by atoms with Gasteiger partial charge in [-0.3, -0.25) is 9.78 Å². The maximum absolute atomic E-state index is 13.4. The monoisotopic (exact) mass is 378 g/mol. The van der Waals surface area contributed by atoms with E-state index in [0.717, 1.165) is 47.0 Å². The van der Waals surface area contributed by atoms with E-state index in [1.165, 1.54) is 7.11 Å². The highest BCUT2D eigenvalue weighted by Crippen LogP contribution is 2.31. The highest BCUT2D eigenvalue weighted by molar-refractivity contribution is 6.07. The first-order chi connectivity index (χ1) is 13.5. The number of para-hydroxylation sites is 1. The van der Waals surface area contributed by atoms with Gasteiger partial charge in [0.1, 0.15) is 17.1 Å². The maximum atomic E-state index is 13.4. The van der Waals surface area contributed by atoms with Crippen LogP contribution in [0.15, 0.2) is 34.7 Å². The van der Waals surface area contributed by atoms with Crippen LogP contribution in [0.3, 0.4) is 0 Å². The molecule has 0 aliphatic heterocycles. The molecule has 4 rings (SSSR count). The summed E-state index contributed by atoms with van der Waals surface area (Å²) in [5.41, 5.74) is 4.05. The maximum Gasteiger partial charge on any atom is 0.341 e. The Morgan fingerprint density at radius 3 is 2.82 bits per heavy atom. The Bertz CT molecular complexity index is 1080. The summed E-state index contributed by atoms with van der Waals surface area (Å²) in [5, 5.41) is 0.880. The first kappa shape index (κ1) is 18.2. The van der Waals surface area contributed by atoms with Crippen LogP contribution >= 0.6 is 0 Å². The first-order valence-corrected chi connectivity index (χ1v) is 9.33. The number of nitrogens with zero attached hydrogens (tertiary/aromatic N) is 2. The molecule has 1 amide bonds. The number of hydrogen-bond donors (Lipinski definition) is 0. The average molecular weight is 378 g/mol. The van der Waals surface area contributed by atoms with Crippen LogP contribution in [0.5, 0.6) is 0 Å². The van der Waals surface area contributed by atoms with Crippen molar-refractivity contribution in [2.45, 2.75) is 32.7 Å². The van der Waals surface area contributed by atoms with Crippen LogP contribution in [0.4, 0.5) is 0 Å². The Morgan fingerprint density at radius 1 is 1.25 bits per heavy atom. The predicted octanol–water partition coefficient (Wildman–Crippen LogP) is 3.68. The second kappa shape index (κ2) is 7.11. The molecular formula is C22H22N2O4. The number of ether oxygens (including phenoxy) is 1. The summed E-state index contributed by atoms with van der Waals surface area (Å²) in [6.45, 7) is 1.98. The van der Waals surface area contributed by atoms with E-state index < -0.39 is 5.97 Å². The molecule has 0 saturated heterocycles. The van der Waals surface area contributed by atoms with E-state index in [1.807, 2.05) is 24.3 Å². The van der Waals surface area contributed by atoms with E-state index in [4.69, 9.17) is 14.1 Å². The largest absolute Gasteiger partial charge is 0.465 e. The molecule has 3 aromatic rings. The van der Waals surface area contributed by atoms with E-state index in [0.29, 0.717) is 17.1 Å². The molecule has 144 valence electrons. The summed E-state index contributed by atoms with van der Waals surface area (Å²) >= 11 is 0. The molecule has 6 nitrogen and oxygen atoms in total. The normalized spacial score (nSPS) is 12.8. The van der Waals surface area contributed by atoms with Gasteiger partial charge < -0.3 is 14.1 Å². The third-order valence-corrected chi connectivity index (χ3v) is 5.25. The number of amides is 1. The molecule has 2 aromatic heterocycles. The van der Waals surface area contributed by atoms with Gasteiger partial charge in [0.2, 0.25) is 0 Å². The first-order valence-electron chi connectivity index (χ1n) is 9.33. The number of carbonyl (C=O) groups is 2. The van der Waals surface area contributed by atoms with Crippen molar-refractivity contribution >= 4 is 22.8 Å². The van der Waals surface area contributed by atoms with Crippen molar-refractivity contribution in [1.82, 2.24) is 9.88 Å². The zero-order chi connectivity index (χ0) is 19.8. The quantitative estimate of drug-likeness (QED) is 0.648. The summed E-state index contributed by atoms with van der Waals surface area (Å²) in [4.78, 5) is 31.5. The molecule has 0 saturated carbocycles. The van der Waals surface area contributed by atoms with Crippen LogP contribution in [0.2, 0.25) is 0 Å². The van der Waals surface area contributed by atoms with Gasteiger partial charge in [0.25, 0.3) is 5.91 Å². The van der Waals surface area contributed by atoms with Gasteiger partial charge in [-0.2, -0.15) is 0 Å². The SMILES string of the molecule is COC(=O)c1cc(CN(C)C(=O)c2c3c(nc4ccccc24)CCC3)oc1C. The fourth-order valence-electron chi connectivity index (χ4n) is 3.89. The third kappa shape index (κ3) is 3.05. The topological polar surface area (TPSA) is 72.6 Å². The second-order valence-corrected chi connectivity index (χ2v) is 7.12. The highest BCUT2D eigenvalue weighted by Gasteiger charge is 2.26. The van der Waals surface area contributed by atoms with Gasteiger partial charge in [-0.05, 0) is 43.9 Å². The van der Waals surface area contributed by atoms with Crippen molar-refractivity contribution in [2.75, 3.05) is 14.2 Å². The van der Waals surface area contributed by atoms with Crippen LogP contribution in [0.1, 0.15) is 49.9 Å². The molecule has 2 heterocycles. The molecule has 1 aliphatic rings. The summed E-state index contributed by atoms with van der Waals surface area (Å²) in [5.74, 6) is 0.520. The predicted molar refractivity (Wildman–Crippen MR) is 104 cm³/mol. The van der Waals surface area contributed by atoms with Gasteiger partial charge in [-0.25, -0.2) is 4.79 Å². The van der Waals surface area contributed by atoms with Crippen molar-refractivity contribution in [3.05, 3.63) is 64.2 Å². The third-order valence-electron chi connectivity index (χ3n) is 5.25. The van der Waals surface area contributed by atoms with Gasteiger partial charge in [-0.1, -0.05) is 18.2 Å². The fraction of sp³-hybridized carbons (Fsp3) is 0.318. The number of carbonyl (C=O) groups excluding carboxylic acids is 2. The number of pyridine rings is 1. The van der Waals surface area contributed by atoms with E-state index in [2.05, 4.69) is 0 Å². The Hall–Kier alpha value is -3.15. The standard InChI is InChI=1S/C22H22N2O4/c1-13-17(22(26)27-3)11-14(28-13)12-24(2)21(25)20-15-7-4-5-9-18(15)23-19-10-6-8-16(19)20/h4-5,7,9,11H,6,8,10,12H2,1-3H3. The number of benzene rings is 1. The minimum Gasteiger partial charge on any atom is -0.465 e. The lowest BCUT2D eigenvalue weighted by molar-refractivity contribution is 0.0598. The van der Waals surface area contributed by atoms with Crippen LogP contribution in [0.25, 0.3) is 10.9 Å². The molecule has 1 aromatic carbocycles. The van der Waals surface area contributed by atoms with Crippen molar-refractivity contribution in [2.24, 2.45) is 0 Å². The lowest BCUT2D eigenvalue weighted by atomic mass is 10.00. The molecule has 0 spiro atoms. The highest BCUT2D eigenvalue weighted by atomic mass is 16.5. The zero-order valence-electron chi connectivity index (χ0n) is 16.2. The summed E-state index contributed by atoms with van der Waals surface area (Å²) in [6, 6.07) is 9.41. The van der Waals surface area contributed by atoms with Crippen LogP contribution in [-0.2, 0) is 24.1 Å². The van der Waals surface area contributed by atoms with Crippen molar-refractivity contribution in [3.8, 4) is 0 Å². The molecule has 6 heteroatoms.